The second-order valence-electron chi connectivity index (χ2n) is 8.29. The SMILES string of the molecule is CO[C@]12SCC(COC(C)=O)=C(C(=O)OCc3ccc([N+](=O)[O-])cc3)N1C(=O)[C@H]2NC(=O)Cc1cccs1. The average Bonchev–Trinajstić information content (AvgIpc) is 3.41. The number of nitro benzene ring substituents is 1. The van der Waals surface area contributed by atoms with Crippen LogP contribution in [-0.2, 0) is 46.4 Å². The number of fused-ring (bicyclic) bond motifs is 1. The zero-order valence-electron chi connectivity index (χ0n) is 20.3. The van der Waals surface area contributed by atoms with Crippen LogP contribution in [0.25, 0.3) is 0 Å². The maximum absolute atomic E-state index is 13.3. The summed E-state index contributed by atoms with van der Waals surface area (Å²) in [6.07, 6.45) is 0.0869. The molecule has 38 heavy (non-hydrogen) atoms. The van der Waals surface area contributed by atoms with E-state index in [0.29, 0.717) is 11.1 Å². The number of carbonyl (C=O) groups excluding carboxylic acids is 4. The second-order valence-corrected chi connectivity index (χ2v) is 10.5. The first-order chi connectivity index (χ1) is 18.2. The predicted molar refractivity (Wildman–Crippen MR) is 136 cm³/mol. The monoisotopic (exact) mass is 561 g/mol. The van der Waals surface area contributed by atoms with Crippen LogP contribution in [0.4, 0.5) is 5.69 Å². The van der Waals surface area contributed by atoms with Gasteiger partial charge in [0.25, 0.3) is 11.6 Å². The summed E-state index contributed by atoms with van der Waals surface area (Å²) in [6.45, 7) is 0.747. The Labute approximate surface area is 225 Å². The van der Waals surface area contributed by atoms with Crippen LogP contribution in [0.1, 0.15) is 17.4 Å². The largest absolute Gasteiger partial charge is 0.461 e. The summed E-state index contributed by atoms with van der Waals surface area (Å²) in [7, 11) is 1.36. The van der Waals surface area contributed by atoms with Crippen molar-refractivity contribution in [2.45, 2.75) is 31.1 Å². The van der Waals surface area contributed by atoms with Gasteiger partial charge in [-0.05, 0) is 29.1 Å². The third kappa shape index (κ3) is 5.42. The van der Waals surface area contributed by atoms with Crippen LogP contribution in [0.15, 0.2) is 53.0 Å². The van der Waals surface area contributed by atoms with E-state index in [1.54, 1.807) is 0 Å². The standard InChI is InChI=1S/C24H23N3O9S2/c1-14(28)35-12-16-13-38-24(34-2)21(25-19(29)10-18-4-3-9-37-18)22(30)26(24)20(16)23(31)36-11-15-5-7-17(8-6-15)27(32)33/h3-9,21H,10-13H2,1-2H3,(H,25,29)/t21-,24-/m1/s1. The number of rotatable bonds is 10. The number of thiophene rings is 1. The Morgan fingerprint density at radius 3 is 2.53 bits per heavy atom. The summed E-state index contributed by atoms with van der Waals surface area (Å²) >= 11 is 2.59. The average molecular weight is 562 g/mol. The lowest BCUT2D eigenvalue weighted by Crippen LogP contribution is -2.79. The van der Waals surface area contributed by atoms with Gasteiger partial charge in [0.15, 0.2) is 6.04 Å². The van der Waals surface area contributed by atoms with Crippen LogP contribution in [0, 0.1) is 10.1 Å². The lowest BCUT2D eigenvalue weighted by Gasteiger charge is -2.57. The van der Waals surface area contributed by atoms with Gasteiger partial charge in [0.05, 0.1) is 11.3 Å². The molecule has 200 valence electrons. The molecule has 4 rings (SSSR count). The number of nitrogens with one attached hydrogen (secondary N) is 1. The molecule has 1 saturated heterocycles. The summed E-state index contributed by atoms with van der Waals surface area (Å²) in [5.74, 6) is -2.24. The lowest BCUT2D eigenvalue weighted by molar-refractivity contribution is -0.384. The number of thioether (sulfide) groups is 1. The Bertz CT molecular complexity index is 1290. The molecule has 0 aliphatic carbocycles. The zero-order chi connectivity index (χ0) is 27.4. The predicted octanol–water partition coefficient (Wildman–Crippen LogP) is 2.13. The van der Waals surface area contributed by atoms with Gasteiger partial charge in [-0.1, -0.05) is 17.8 Å². The van der Waals surface area contributed by atoms with Gasteiger partial charge in [-0.15, -0.1) is 11.3 Å². The minimum absolute atomic E-state index is 0.0869. The molecule has 0 radical (unpaired) electrons. The topological polar surface area (TPSA) is 154 Å². The zero-order valence-corrected chi connectivity index (χ0v) is 22.0. The first-order valence-corrected chi connectivity index (χ1v) is 13.1. The maximum atomic E-state index is 13.3. The van der Waals surface area contributed by atoms with Crippen molar-refractivity contribution in [1.82, 2.24) is 10.2 Å². The molecule has 2 aliphatic heterocycles. The summed E-state index contributed by atoms with van der Waals surface area (Å²) in [5, 5.41) is 14.0. The molecule has 0 spiro atoms. The Kier molecular flexibility index (Phi) is 8.14. The van der Waals surface area contributed by atoms with Gasteiger partial charge in [0.1, 0.15) is 18.9 Å². The fourth-order valence-corrected chi connectivity index (χ4v) is 6.06. The van der Waals surface area contributed by atoms with E-state index in [0.717, 1.165) is 9.78 Å². The molecule has 0 unspecified atom stereocenters. The van der Waals surface area contributed by atoms with E-state index < -0.39 is 33.9 Å². The summed E-state index contributed by atoms with van der Waals surface area (Å²) in [5.41, 5.74) is 0.577. The maximum Gasteiger partial charge on any atom is 0.355 e. The molecule has 1 aromatic heterocycles. The molecule has 1 N–H and O–H groups in total. The van der Waals surface area contributed by atoms with Crippen LogP contribution in [0.3, 0.4) is 0 Å². The number of nitro groups is 1. The molecular weight excluding hydrogens is 538 g/mol. The number of non-ortho nitro benzene ring substituents is 1. The van der Waals surface area contributed by atoms with Crippen molar-refractivity contribution in [3.63, 3.8) is 0 Å². The molecule has 1 aromatic carbocycles. The second kappa shape index (κ2) is 11.3. The van der Waals surface area contributed by atoms with Crippen molar-refractivity contribution < 1.29 is 38.3 Å². The molecule has 2 aliphatic rings. The highest BCUT2D eigenvalue weighted by Gasteiger charge is 2.66. The highest BCUT2D eigenvalue weighted by molar-refractivity contribution is 8.00. The fourth-order valence-electron chi connectivity index (χ4n) is 4.00. The van der Waals surface area contributed by atoms with Crippen molar-refractivity contribution >= 4 is 52.5 Å². The highest BCUT2D eigenvalue weighted by atomic mass is 32.2. The Hall–Kier alpha value is -3.75. The molecule has 0 saturated carbocycles. The number of hydrogen-bond donors (Lipinski definition) is 1. The number of amides is 2. The quantitative estimate of drug-likeness (QED) is 0.197. The van der Waals surface area contributed by atoms with Crippen molar-refractivity contribution in [2.75, 3.05) is 19.5 Å². The van der Waals surface area contributed by atoms with E-state index in [1.165, 1.54) is 61.4 Å². The normalized spacial score (nSPS) is 20.3. The molecular formula is C24H23N3O9S2. The van der Waals surface area contributed by atoms with Crippen molar-refractivity contribution in [3.05, 3.63) is 73.6 Å². The third-order valence-corrected chi connectivity index (χ3v) is 8.20. The molecule has 2 amide bonds. The Morgan fingerprint density at radius 2 is 1.92 bits per heavy atom. The minimum atomic E-state index is -1.40. The van der Waals surface area contributed by atoms with E-state index in [9.17, 15) is 29.3 Å². The number of benzene rings is 1. The molecule has 12 nitrogen and oxygen atoms in total. The van der Waals surface area contributed by atoms with Crippen molar-refractivity contribution in [1.29, 1.82) is 0 Å². The van der Waals surface area contributed by atoms with Gasteiger partial charge in [0, 0.05) is 42.4 Å². The molecule has 0 bridgehead atoms. The minimum Gasteiger partial charge on any atom is -0.461 e. The molecule has 3 heterocycles. The number of hydrogen-bond acceptors (Lipinski definition) is 11. The molecule has 14 heteroatoms. The first kappa shape index (κ1) is 27.3. The Morgan fingerprint density at radius 1 is 1.18 bits per heavy atom. The van der Waals surface area contributed by atoms with Gasteiger partial charge in [-0.25, -0.2) is 4.79 Å². The molecule has 2 atom stereocenters. The van der Waals surface area contributed by atoms with Crippen molar-refractivity contribution in [2.24, 2.45) is 0 Å². The van der Waals surface area contributed by atoms with Gasteiger partial charge >= 0.3 is 11.9 Å². The molecule has 2 aromatic rings. The van der Waals surface area contributed by atoms with Gasteiger partial charge < -0.3 is 19.5 Å². The van der Waals surface area contributed by atoms with Crippen LogP contribution in [-0.4, -0.2) is 64.1 Å². The number of methoxy groups -OCH3 is 1. The molecule has 1 fully saturated rings. The van der Waals surface area contributed by atoms with Crippen LogP contribution >= 0.6 is 23.1 Å². The number of nitrogens with zero attached hydrogens (tertiary/aromatic N) is 2. The van der Waals surface area contributed by atoms with Gasteiger partial charge in [-0.2, -0.15) is 0 Å². The van der Waals surface area contributed by atoms with E-state index in [2.05, 4.69) is 5.32 Å². The van der Waals surface area contributed by atoms with Gasteiger partial charge in [-0.3, -0.25) is 29.4 Å². The van der Waals surface area contributed by atoms with Crippen LogP contribution in [0.2, 0.25) is 0 Å². The highest BCUT2D eigenvalue weighted by Crippen LogP contribution is 2.50. The lowest BCUT2D eigenvalue weighted by atomic mass is 9.99. The number of β-lactam (4-membered cyclic amide) rings is 1. The van der Waals surface area contributed by atoms with E-state index in [-0.39, 0.29) is 42.7 Å². The fraction of sp³-hybridized carbons (Fsp3) is 0.333. The number of carbonyl (C=O) groups is 4. The summed E-state index contributed by atoms with van der Waals surface area (Å²) < 4.78 is 16.2. The number of esters is 2. The third-order valence-electron chi connectivity index (χ3n) is 5.83. The van der Waals surface area contributed by atoms with Crippen LogP contribution < -0.4 is 5.32 Å². The summed E-state index contributed by atoms with van der Waals surface area (Å²) in [6, 6.07) is 8.03. The van der Waals surface area contributed by atoms with E-state index in [4.69, 9.17) is 14.2 Å². The van der Waals surface area contributed by atoms with Crippen LogP contribution in [0.5, 0.6) is 0 Å². The van der Waals surface area contributed by atoms with E-state index in [1.807, 2.05) is 17.5 Å². The smallest absolute Gasteiger partial charge is 0.355 e. The summed E-state index contributed by atoms with van der Waals surface area (Å²) in [4.78, 5) is 62.9. The Balaban J connectivity index is 1.55. The number of ether oxygens (including phenoxy) is 3. The first-order valence-electron chi connectivity index (χ1n) is 11.3. The van der Waals surface area contributed by atoms with Crippen molar-refractivity contribution in [3.8, 4) is 0 Å². The van der Waals surface area contributed by atoms with Gasteiger partial charge in [0.2, 0.25) is 11.0 Å². The van der Waals surface area contributed by atoms with E-state index >= 15 is 0 Å².